The third-order valence-corrected chi connectivity index (χ3v) is 5.14. The first-order valence-corrected chi connectivity index (χ1v) is 9.51. The molecule has 0 bridgehead atoms. The molecule has 0 atom stereocenters. The number of benzene rings is 1. The molecule has 1 aliphatic carbocycles. The van der Waals surface area contributed by atoms with E-state index in [-0.39, 0.29) is 0 Å². The molecule has 1 aromatic carbocycles. The fourth-order valence-electron chi connectivity index (χ4n) is 3.82. The van der Waals surface area contributed by atoms with Gasteiger partial charge in [0.05, 0.1) is 13.7 Å². The fraction of sp³-hybridized carbons (Fsp3) is 0.429. The molecule has 0 aliphatic heterocycles. The van der Waals surface area contributed by atoms with E-state index in [4.69, 9.17) is 9.26 Å². The molecule has 4 rings (SSSR count). The lowest BCUT2D eigenvalue weighted by molar-refractivity contribution is 0.300. The van der Waals surface area contributed by atoms with Gasteiger partial charge in [-0.15, -0.1) is 0 Å². The van der Waals surface area contributed by atoms with Crippen LogP contribution in [0.4, 0.5) is 0 Å². The highest BCUT2D eigenvalue weighted by molar-refractivity contribution is 5.37. The van der Waals surface area contributed by atoms with Gasteiger partial charge in [-0.05, 0) is 50.1 Å². The first-order chi connectivity index (χ1) is 13.2. The Morgan fingerprint density at radius 3 is 2.93 bits per heavy atom. The number of aromatic nitrogens is 3. The van der Waals surface area contributed by atoms with Crippen LogP contribution in [0.2, 0.25) is 0 Å². The Bertz CT molecular complexity index is 886. The molecular weight excluding hydrogens is 340 g/mol. The van der Waals surface area contributed by atoms with Crippen molar-refractivity contribution in [3.63, 3.8) is 0 Å². The van der Waals surface area contributed by atoms with Crippen LogP contribution in [0.3, 0.4) is 0 Å². The van der Waals surface area contributed by atoms with Gasteiger partial charge in [0, 0.05) is 43.0 Å². The van der Waals surface area contributed by atoms with Gasteiger partial charge in [-0.3, -0.25) is 9.58 Å². The Hall–Kier alpha value is -2.60. The normalized spacial score (nSPS) is 13.7. The fourth-order valence-corrected chi connectivity index (χ4v) is 3.82. The minimum Gasteiger partial charge on any atom is -0.496 e. The molecule has 6 nitrogen and oxygen atoms in total. The highest BCUT2D eigenvalue weighted by atomic mass is 16.5. The smallest absolute Gasteiger partial charge is 0.140 e. The second kappa shape index (κ2) is 7.96. The monoisotopic (exact) mass is 366 g/mol. The molecule has 6 heteroatoms. The maximum atomic E-state index is 5.54. The van der Waals surface area contributed by atoms with E-state index in [2.05, 4.69) is 34.3 Å². The van der Waals surface area contributed by atoms with Crippen LogP contribution in [-0.2, 0) is 32.5 Å². The zero-order chi connectivity index (χ0) is 18.6. The van der Waals surface area contributed by atoms with Crippen LogP contribution in [0.25, 0.3) is 0 Å². The van der Waals surface area contributed by atoms with Gasteiger partial charge in [-0.2, -0.15) is 5.10 Å². The van der Waals surface area contributed by atoms with E-state index in [1.807, 2.05) is 23.0 Å². The third kappa shape index (κ3) is 4.06. The molecule has 2 aromatic heterocycles. The summed E-state index contributed by atoms with van der Waals surface area (Å²) in [4.78, 5) is 2.28. The van der Waals surface area contributed by atoms with Gasteiger partial charge >= 0.3 is 0 Å². The van der Waals surface area contributed by atoms with Gasteiger partial charge in [0.2, 0.25) is 0 Å². The molecule has 0 N–H and O–H groups in total. The number of fused-ring (bicyclic) bond motifs is 1. The van der Waals surface area contributed by atoms with Crippen molar-refractivity contribution in [1.82, 2.24) is 19.8 Å². The highest BCUT2D eigenvalue weighted by Gasteiger charge is 2.20. The lowest BCUT2D eigenvalue weighted by Gasteiger charge is -2.18. The molecule has 0 saturated heterocycles. The SMILES string of the molecule is COc1ccc(CN(C)Cc2noc3c2CCCC3)cc1Cn1cccn1. The summed E-state index contributed by atoms with van der Waals surface area (Å²) in [5.41, 5.74) is 4.81. The zero-order valence-electron chi connectivity index (χ0n) is 16.0. The molecule has 2 heterocycles. The van der Waals surface area contributed by atoms with E-state index in [0.29, 0.717) is 6.54 Å². The Kier molecular flexibility index (Phi) is 5.25. The van der Waals surface area contributed by atoms with E-state index >= 15 is 0 Å². The molecule has 0 amide bonds. The van der Waals surface area contributed by atoms with Gasteiger partial charge in [-0.25, -0.2) is 0 Å². The summed E-state index contributed by atoms with van der Waals surface area (Å²) in [7, 11) is 3.84. The molecular formula is C21H26N4O2. The Balaban J connectivity index is 1.46. The lowest BCUT2D eigenvalue weighted by Crippen LogP contribution is -2.19. The molecule has 0 radical (unpaired) electrons. The van der Waals surface area contributed by atoms with Crippen LogP contribution in [-0.4, -0.2) is 34.0 Å². The van der Waals surface area contributed by atoms with Gasteiger partial charge in [-0.1, -0.05) is 11.2 Å². The Labute approximate surface area is 159 Å². The summed E-state index contributed by atoms with van der Waals surface area (Å²) in [6.45, 7) is 2.35. The summed E-state index contributed by atoms with van der Waals surface area (Å²) < 4.78 is 13.0. The van der Waals surface area contributed by atoms with E-state index in [1.54, 1.807) is 13.3 Å². The van der Waals surface area contributed by atoms with Crippen LogP contribution in [0.15, 0.2) is 41.2 Å². The molecule has 142 valence electrons. The van der Waals surface area contributed by atoms with Gasteiger partial charge < -0.3 is 9.26 Å². The molecule has 0 fully saturated rings. The largest absolute Gasteiger partial charge is 0.496 e. The second-order valence-electron chi connectivity index (χ2n) is 7.26. The Morgan fingerprint density at radius 1 is 1.22 bits per heavy atom. The zero-order valence-corrected chi connectivity index (χ0v) is 16.0. The van der Waals surface area contributed by atoms with Crippen molar-refractivity contribution in [1.29, 1.82) is 0 Å². The lowest BCUT2D eigenvalue weighted by atomic mass is 9.96. The Morgan fingerprint density at radius 2 is 2.11 bits per heavy atom. The summed E-state index contributed by atoms with van der Waals surface area (Å²) in [6.07, 6.45) is 8.33. The first kappa shape index (κ1) is 17.8. The number of hydrogen-bond donors (Lipinski definition) is 0. The van der Waals surface area contributed by atoms with E-state index in [9.17, 15) is 0 Å². The number of methoxy groups -OCH3 is 1. The number of nitrogens with zero attached hydrogens (tertiary/aromatic N) is 4. The number of hydrogen-bond acceptors (Lipinski definition) is 5. The molecule has 0 spiro atoms. The highest BCUT2D eigenvalue weighted by Crippen LogP contribution is 2.26. The molecule has 27 heavy (non-hydrogen) atoms. The average Bonchev–Trinajstić information content (AvgIpc) is 3.32. The van der Waals surface area contributed by atoms with Crippen molar-refractivity contribution in [2.45, 2.75) is 45.3 Å². The van der Waals surface area contributed by atoms with Crippen molar-refractivity contribution >= 4 is 0 Å². The molecule has 0 saturated carbocycles. The first-order valence-electron chi connectivity index (χ1n) is 9.51. The third-order valence-electron chi connectivity index (χ3n) is 5.14. The van der Waals surface area contributed by atoms with Gasteiger partial charge in [0.15, 0.2) is 0 Å². The van der Waals surface area contributed by atoms with Gasteiger partial charge in [0.25, 0.3) is 0 Å². The minimum absolute atomic E-state index is 0.699. The predicted octanol–water partition coefficient (Wildman–Crippen LogP) is 3.44. The van der Waals surface area contributed by atoms with Crippen LogP contribution < -0.4 is 4.74 Å². The maximum absolute atomic E-state index is 5.54. The van der Waals surface area contributed by atoms with E-state index in [0.717, 1.165) is 48.7 Å². The second-order valence-corrected chi connectivity index (χ2v) is 7.26. The molecule has 3 aromatic rings. The van der Waals surface area contributed by atoms with Crippen molar-refractivity contribution in [2.24, 2.45) is 0 Å². The van der Waals surface area contributed by atoms with Crippen LogP contribution in [0.1, 0.15) is 41.0 Å². The van der Waals surface area contributed by atoms with E-state index < -0.39 is 0 Å². The summed E-state index contributed by atoms with van der Waals surface area (Å²) in [5, 5.41) is 8.63. The van der Waals surface area contributed by atoms with Crippen molar-refractivity contribution in [3.05, 3.63) is 64.8 Å². The summed E-state index contributed by atoms with van der Waals surface area (Å²) >= 11 is 0. The van der Waals surface area contributed by atoms with Crippen molar-refractivity contribution in [2.75, 3.05) is 14.2 Å². The predicted molar refractivity (Wildman–Crippen MR) is 103 cm³/mol. The van der Waals surface area contributed by atoms with Crippen molar-refractivity contribution < 1.29 is 9.26 Å². The minimum atomic E-state index is 0.699. The number of rotatable bonds is 7. The summed E-state index contributed by atoms with van der Waals surface area (Å²) in [6, 6.07) is 8.30. The van der Waals surface area contributed by atoms with Crippen molar-refractivity contribution in [3.8, 4) is 5.75 Å². The summed E-state index contributed by atoms with van der Waals surface area (Å²) in [5.74, 6) is 1.98. The van der Waals surface area contributed by atoms with Gasteiger partial charge in [0.1, 0.15) is 17.2 Å². The standard InChI is InChI=1S/C21H26N4O2/c1-24(15-19-18-6-3-4-7-21(18)27-23-19)13-16-8-9-20(26-2)17(12-16)14-25-11-5-10-22-25/h5,8-12H,3-4,6-7,13-15H2,1-2H3. The molecule has 0 unspecified atom stereocenters. The number of ether oxygens (including phenoxy) is 1. The van der Waals surface area contributed by atoms with Crippen LogP contribution >= 0.6 is 0 Å². The van der Waals surface area contributed by atoms with E-state index in [1.165, 1.54) is 24.0 Å². The average molecular weight is 366 g/mol. The van der Waals surface area contributed by atoms with Crippen LogP contribution in [0.5, 0.6) is 5.75 Å². The number of aryl methyl sites for hydroxylation is 1. The topological polar surface area (TPSA) is 56.3 Å². The van der Waals surface area contributed by atoms with Crippen LogP contribution in [0, 0.1) is 0 Å². The molecule has 1 aliphatic rings. The maximum Gasteiger partial charge on any atom is 0.140 e. The quantitative estimate of drug-likeness (QED) is 0.641.